The van der Waals surface area contributed by atoms with Gasteiger partial charge in [-0.1, -0.05) is 39.5 Å². The molecule has 0 spiro atoms. The third kappa shape index (κ3) is 3.89. The van der Waals surface area contributed by atoms with Crippen molar-refractivity contribution in [2.75, 3.05) is 7.11 Å². The first kappa shape index (κ1) is 24.4. The minimum atomic E-state index is -0.838. The molecule has 0 aromatic carbocycles. The minimum absolute atomic E-state index is 0.0163. The van der Waals surface area contributed by atoms with E-state index in [1.807, 2.05) is 27.7 Å². The Kier molecular flexibility index (Phi) is 7.04. The zero-order valence-corrected chi connectivity index (χ0v) is 19.5. The zero-order chi connectivity index (χ0) is 23.2. The average Bonchev–Trinajstić information content (AvgIpc) is 2.91. The molecular formula is C24H39NO6. The van der Waals surface area contributed by atoms with E-state index in [0.29, 0.717) is 6.42 Å². The minimum Gasteiger partial charge on any atom is -0.457 e. The Morgan fingerprint density at radius 2 is 1.97 bits per heavy atom. The number of aliphatic hydroxyl groups is 2. The van der Waals surface area contributed by atoms with Crippen molar-refractivity contribution in [2.45, 2.75) is 83.2 Å². The molecule has 3 aliphatic rings. The van der Waals surface area contributed by atoms with Gasteiger partial charge in [-0.3, -0.25) is 0 Å². The molecule has 31 heavy (non-hydrogen) atoms. The first-order valence-corrected chi connectivity index (χ1v) is 11.3. The van der Waals surface area contributed by atoms with Gasteiger partial charge in [-0.2, -0.15) is 0 Å². The average molecular weight is 438 g/mol. The number of hydrogen-bond donors (Lipinski definition) is 3. The number of carbonyl (C=O) groups excluding carboxylic acids is 1. The van der Waals surface area contributed by atoms with E-state index < -0.39 is 36.0 Å². The molecule has 1 saturated heterocycles. The first-order valence-electron chi connectivity index (χ1n) is 11.3. The smallest absolute Gasteiger partial charge is 0.335 e. The fourth-order valence-electron chi connectivity index (χ4n) is 5.99. The van der Waals surface area contributed by atoms with Crippen molar-refractivity contribution in [1.82, 2.24) is 0 Å². The molecule has 1 saturated carbocycles. The van der Waals surface area contributed by atoms with E-state index >= 15 is 0 Å². The molecule has 2 fully saturated rings. The molecule has 7 heteroatoms. The van der Waals surface area contributed by atoms with Gasteiger partial charge in [0.25, 0.3) is 0 Å². The maximum absolute atomic E-state index is 12.9. The molecule has 0 aromatic rings. The summed E-state index contributed by atoms with van der Waals surface area (Å²) in [5.41, 5.74) is 6.42. The van der Waals surface area contributed by atoms with Crippen molar-refractivity contribution in [3.05, 3.63) is 24.3 Å². The van der Waals surface area contributed by atoms with Gasteiger partial charge in [0.05, 0.1) is 18.3 Å². The third-order valence-corrected chi connectivity index (χ3v) is 7.70. The van der Waals surface area contributed by atoms with Crippen LogP contribution in [0.4, 0.5) is 0 Å². The van der Waals surface area contributed by atoms with Crippen molar-refractivity contribution in [2.24, 2.45) is 35.3 Å². The fourth-order valence-corrected chi connectivity index (χ4v) is 5.99. The molecular weight excluding hydrogens is 398 g/mol. The molecule has 0 aromatic heterocycles. The van der Waals surface area contributed by atoms with Crippen molar-refractivity contribution in [1.29, 1.82) is 0 Å². The quantitative estimate of drug-likeness (QED) is 0.392. The van der Waals surface area contributed by atoms with Crippen LogP contribution < -0.4 is 5.73 Å². The van der Waals surface area contributed by atoms with Gasteiger partial charge in [0.1, 0.15) is 11.7 Å². The maximum atomic E-state index is 12.9. The molecule has 176 valence electrons. The van der Waals surface area contributed by atoms with Crippen LogP contribution in [-0.4, -0.2) is 65.5 Å². The van der Waals surface area contributed by atoms with Crippen molar-refractivity contribution < 1.29 is 29.2 Å². The van der Waals surface area contributed by atoms with Crippen LogP contribution in [0.1, 0.15) is 41.0 Å². The topological polar surface area (TPSA) is 111 Å². The van der Waals surface area contributed by atoms with Crippen molar-refractivity contribution >= 4 is 5.97 Å². The number of ether oxygens (including phenoxy) is 3. The lowest BCUT2D eigenvalue weighted by molar-refractivity contribution is -0.171. The van der Waals surface area contributed by atoms with Gasteiger partial charge >= 0.3 is 5.97 Å². The van der Waals surface area contributed by atoms with Crippen LogP contribution in [0.25, 0.3) is 0 Å². The second-order valence-electron chi connectivity index (χ2n) is 10.0. The highest BCUT2D eigenvalue weighted by atomic mass is 16.6. The molecule has 0 radical (unpaired) electrons. The largest absolute Gasteiger partial charge is 0.457 e. The Labute approximate surface area is 185 Å². The van der Waals surface area contributed by atoms with Crippen LogP contribution in [0.3, 0.4) is 0 Å². The third-order valence-electron chi connectivity index (χ3n) is 7.70. The Bertz CT molecular complexity index is 713. The van der Waals surface area contributed by atoms with Crippen LogP contribution in [0.5, 0.6) is 0 Å². The van der Waals surface area contributed by atoms with Crippen LogP contribution in [-0.2, 0) is 19.0 Å². The van der Waals surface area contributed by atoms with Crippen LogP contribution >= 0.6 is 0 Å². The summed E-state index contributed by atoms with van der Waals surface area (Å²) >= 11 is 0. The predicted octanol–water partition coefficient (Wildman–Crippen LogP) is 1.81. The van der Waals surface area contributed by atoms with E-state index in [-0.39, 0.29) is 41.7 Å². The number of aliphatic hydroxyl groups excluding tert-OH is 2. The predicted molar refractivity (Wildman–Crippen MR) is 117 cm³/mol. The lowest BCUT2D eigenvalue weighted by Gasteiger charge is -2.48. The lowest BCUT2D eigenvalue weighted by Crippen LogP contribution is -2.57. The van der Waals surface area contributed by atoms with Crippen LogP contribution in [0.2, 0.25) is 0 Å². The normalized spacial score (nSPS) is 41.7. The molecule has 1 aliphatic heterocycles. The van der Waals surface area contributed by atoms with Gasteiger partial charge in [0, 0.05) is 36.8 Å². The molecule has 1 heterocycles. The van der Waals surface area contributed by atoms with Crippen molar-refractivity contribution in [3.63, 3.8) is 0 Å². The summed E-state index contributed by atoms with van der Waals surface area (Å²) in [5.74, 6) is -1.03. The molecule has 11 atom stereocenters. The number of methoxy groups -OCH3 is 1. The van der Waals surface area contributed by atoms with Crippen LogP contribution in [0.15, 0.2) is 24.3 Å². The Hall–Kier alpha value is -1.25. The molecule has 4 N–H and O–H groups in total. The maximum Gasteiger partial charge on any atom is 0.335 e. The van der Waals surface area contributed by atoms with E-state index in [2.05, 4.69) is 18.7 Å². The molecule has 3 rings (SSSR count). The van der Waals surface area contributed by atoms with Gasteiger partial charge in [0.2, 0.25) is 0 Å². The van der Waals surface area contributed by atoms with Gasteiger partial charge in [0.15, 0.2) is 6.10 Å². The zero-order valence-electron chi connectivity index (χ0n) is 19.5. The Morgan fingerprint density at radius 3 is 2.48 bits per heavy atom. The number of carbonyl (C=O) groups is 1. The molecule has 0 amide bonds. The molecule has 7 nitrogen and oxygen atoms in total. The van der Waals surface area contributed by atoms with E-state index in [0.717, 1.165) is 5.57 Å². The SMILES string of the molecule is C=C(C)[C@@]12O[C@H]3[C@@H](N)[C@H](C)[C@@H](O)[C@@H]1[C@H]3C=C[C@@H]2C[C@H](OC)C(=O)O[C@@H](C(C)C)[C@@H](C)O. The second kappa shape index (κ2) is 8.94. The monoisotopic (exact) mass is 437 g/mol. The molecule has 4 bridgehead atoms. The summed E-state index contributed by atoms with van der Waals surface area (Å²) in [5, 5.41) is 21.1. The summed E-state index contributed by atoms with van der Waals surface area (Å²) < 4.78 is 17.7. The Balaban J connectivity index is 1.87. The highest BCUT2D eigenvalue weighted by Gasteiger charge is 2.67. The first-order chi connectivity index (χ1) is 14.5. The summed E-state index contributed by atoms with van der Waals surface area (Å²) in [6.07, 6.45) is 1.38. The highest BCUT2D eigenvalue weighted by Crippen LogP contribution is 2.59. The van der Waals surface area contributed by atoms with Gasteiger partial charge in [-0.05, 0) is 31.8 Å². The summed E-state index contributed by atoms with van der Waals surface area (Å²) in [7, 11) is 1.47. The second-order valence-corrected chi connectivity index (χ2v) is 10.0. The summed E-state index contributed by atoms with van der Waals surface area (Å²) in [6, 6.07) is -0.276. The van der Waals surface area contributed by atoms with E-state index in [9.17, 15) is 15.0 Å². The van der Waals surface area contributed by atoms with E-state index in [1.165, 1.54) is 7.11 Å². The summed E-state index contributed by atoms with van der Waals surface area (Å²) in [6.45, 7) is 13.5. The molecule has 2 aliphatic carbocycles. The summed E-state index contributed by atoms with van der Waals surface area (Å²) in [4.78, 5) is 12.9. The number of esters is 1. The van der Waals surface area contributed by atoms with E-state index in [4.69, 9.17) is 19.9 Å². The standard InChI is InChI=1S/C24H39NO6/c1-11(2)21(14(6)26)30-23(28)17(29-7)10-15-8-9-16-18-20(27)13(5)19(25)22(16)31-24(15,18)12(3)4/h8-9,11,13-22,26-27H,3,10,25H2,1-2,4-7H3/t13-,14+,15+,16+,17-,18-,19-,20+,21-,22+,24-/m0/s1. The number of hydrogen-bond acceptors (Lipinski definition) is 7. The lowest BCUT2D eigenvalue weighted by atomic mass is 9.57. The van der Waals surface area contributed by atoms with E-state index in [1.54, 1.807) is 6.92 Å². The van der Waals surface area contributed by atoms with Crippen molar-refractivity contribution in [3.8, 4) is 0 Å². The Morgan fingerprint density at radius 1 is 1.32 bits per heavy atom. The van der Waals surface area contributed by atoms with Gasteiger partial charge in [-0.15, -0.1) is 0 Å². The number of nitrogens with two attached hydrogens (primary N) is 1. The van der Waals surface area contributed by atoms with Gasteiger partial charge in [-0.25, -0.2) is 4.79 Å². The highest BCUT2D eigenvalue weighted by molar-refractivity contribution is 5.75. The van der Waals surface area contributed by atoms with Crippen LogP contribution in [0, 0.1) is 29.6 Å². The fraction of sp³-hybridized carbons (Fsp3) is 0.792. The van der Waals surface area contributed by atoms with Gasteiger partial charge < -0.3 is 30.2 Å². The number of rotatable bonds is 8. The molecule has 0 unspecified atom stereocenters.